The Balaban J connectivity index is 3.43. The number of allylic oxidation sites excluding steroid dienone is 8. The zero-order valence-electron chi connectivity index (χ0n) is 11.8. The Labute approximate surface area is 120 Å². The average Bonchev–Trinajstić information content (AvgIpc) is 2.44. The fourth-order valence-electron chi connectivity index (χ4n) is 2.35. The minimum absolute atomic E-state index is 0.0712. The van der Waals surface area contributed by atoms with Gasteiger partial charge in [-0.3, -0.25) is 9.59 Å². The van der Waals surface area contributed by atoms with E-state index >= 15 is 0 Å². The van der Waals surface area contributed by atoms with Gasteiger partial charge in [0.25, 0.3) is 0 Å². The van der Waals surface area contributed by atoms with Gasteiger partial charge in [-0.2, -0.15) is 0 Å². The maximum Gasteiger partial charge on any atom is 0.186 e. The fourth-order valence-corrected chi connectivity index (χ4v) is 2.35. The summed E-state index contributed by atoms with van der Waals surface area (Å²) in [5, 5.41) is 0. The van der Waals surface area contributed by atoms with Gasteiger partial charge in [-0.1, -0.05) is 24.3 Å². The number of carbonyl (C=O) groups excluding carboxylic acids is 2. The molecule has 104 valence electrons. The van der Waals surface area contributed by atoms with Crippen molar-refractivity contribution in [3.8, 4) is 0 Å². The van der Waals surface area contributed by atoms with Crippen molar-refractivity contribution in [2.45, 2.75) is 25.7 Å². The van der Waals surface area contributed by atoms with Crippen LogP contribution in [0.25, 0.3) is 0 Å². The number of carbonyl (C=O) groups is 2. The summed E-state index contributed by atoms with van der Waals surface area (Å²) in [5.41, 5.74) is 2.15. The molecule has 0 spiro atoms. The molecule has 2 nitrogen and oxygen atoms in total. The number of rotatable bonds is 8. The van der Waals surface area contributed by atoms with Crippen LogP contribution >= 0.6 is 0 Å². The lowest BCUT2D eigenvalue weighted by Crippen LogP contribution is -2.23. The van der Waals surface area contributed by atoms with Crippen molar-refractivity contribution in [2.75, 3.05) is 0 Å². The van der Waals surface area contributed by atoms with E-state index in [0.717, 1.165) is 0 Å². The average molecular weight is 268 g/mol. The lowest BCUT2D eigenvalue weighted by molar-refractivity contribution is -0.116. The molecule has 0 amide bonds. The second-order valence-corrected chi connectivity index (χ2v) is 4.54. The van der Waals surface area contributed by atoms with Crippen LogP contribution in [0.2, 0.25) is 0 Å². The van der Waals surface area contributed by atoms with E-state index in [1.54, 1.807) is 24.3 Å². The first-order valence-corrected chi connectivity index (χ1v) is 6.59. The van der Waals surface area contributed by atoms with E-state index in [2.05, 4.69) is 26.3 Å². The molecule has 0 aromatic carbocycles. The van der Waals surface area contributed by atoms with Crippen molar-refractivity contribution in [1.82, 2.24) is 0 Å². The van der Waals surface area contributed by atoms with Crippen LogP contribution in [0.5, 0.6) is 0 Å². The molecule has 0 aromatic rings. The molecule has 0 saturated heterocycles. The van der Waals surface area contributed by atoms with Gasteiger partial charge < -0.3 is 0 Å². The molecule has 20 heavy (non-hydrogen) atoms. The molecule has 0 atom stereocenters. The smallest absolute Gasteiger partial charge is 0.186 e. The van der Waals surface area contributed by atoms with Crippen LogP contribution in [-0.4, -0.2) is 11.6 Å². The first-order chi connectivity index (χ1) is 9.62. The van der Waals surface area contributed by atoms with Crippen LogP contribution in [0.4, 0.5) is 0 Å². The Bertz CT molecular complexity index is 448. The standard InChI is InChI=1S/C18H20O2/c1-5-9-13-14(10-6-2)18(20)16(12-8-4)15(11-7-3)17(13)19/h5-8H,1-4,9-12H2. The second kappa shape index (κ2) is 7.39. The van der Waals surface area contributed by atoms with Crippen molar-refractivity contribution in [1.29, 1.82) is 0 Å². The van der Waals surface area contributed by atoms with Gasteiger partial charge in [-0.15, -0.1) is 26.3 Å². The van der Waals surface area contributed by atoms with Crippen molar-refractivity contribution in [3.05, 3.63) is 72.9 Å². The highest BCUT2D eigenvalue weighted by molar-refractivity contribution is 6.25. The van der Waals surface area contributed by atoms with Gasteiger partial charge in [0, 0.05) is 22.3 Å². The van der Waals surface area contributed by atoms with Gasteiger partial charge >= 0.3 is 0 Å². The summed E-state index contributed by atoms with van der Waals surface area (Å²) in [6.07, 6.45) is 8.18. The zero-order valence-corrected chi connectivity index (χ0v) is 11.8. The van der Waals surface area contributed by atoms with Gasteiger partial charge in [0.05, 0.1) is 0 Å². The summed E-state index contributed by atoms with van der Waals surface area (Å²) in [6, 6.07) is 0. The quantitative estimate of drug-likeness (QED) is 0.492. The molecular formula is C18H20O2. The fraction of sp³-hybridized carbons (Fsp3) is 0.222. The molecular weight excluding hydrogens is 248 g/mol. The van der Waals surface area contributed by atoms with Crippen LogP contribution in [0.15, 0.2) is 72.9 Å². The van der Waals surface area contributed by atoms with Crippen LogP contribution in [0.1, 0.15) is 25.7 Å². The topological polar surface area (TPSA) is 34.1 Å². The van der Waals surface area contributed by atoms with E-state index in [0.29, 0.717) is 48.0 Å². The zero-order chi connectivity index (χ0) is 15.1. The molecule has 0 saturated carbocycles. The van der Waals surface area contributed by atoms with E-state index < -0.39 is 0 Å². The van der Waals surface area contributed by atoms with Crippen LogP contribution in [-0.2, 0) is 9.59 Å². The summed E-state index contributed by atoms with van der Waals surface area (Å²) in [6.45, 7) is 14.6. The first-order valence-electron chi connectivity index (χ1n) is 6.59. The van der Waals surface area contributed by atoms with Gasteiger partial charge in [-0.25, -0.2) is 0 Å². The van der Waals surface area contributed by atoms with Gasteiger partial charge in [0.1, 0.15) is 0 Å². The number of Topliss-reactive ketones (excluding diaryl/α,β-unsaturated/α-hetero) is 2. The largest absolute Gasteiger partial charge is 0.289 e. The van der Waals surface area contributed by atoms with Crippen LogP contribution in [0, 0.1) is 0 Å². The maximum absolute atomic E-state index is 12.6. The number of hydrogen-bond donors (Lipinski definition) is 0. The third kappa shape index (κ3) is 3.02. The summed E-state index contributed by atoms with van der Waals surface area (Å²) in [5.74, 6) is -0.142. The molecule has 1 aliphatic rings. The molecule has 0 radical (unpaired) electrons. The molecule has 0 unspecified atom stereocenters. The Hall–Kier alpha value is -2.22. The number of hydrogen-bond acceptors (Lipinski definition) is 2. The monoisotopic (exact) mass is 268 g/mol. The molecule has 0 aromatic heterocycles. The van der Waals surface area contributed by atoms with E-state index in [9.17, 15) is 9.59 Å². The summed E-state index contributed by atoms with van der Waals surface area (Å²) < 4.78 is 0. The summed E-state index contributed by atoms with van der Waals surface area (Å²) in [7, 11) is 0. The Morgan fingerprint density at radius 2 is 0.750 bits per heavy atom. The normalized spacial score (nSPS) is 15.4. The van der Waals surface area contributed by atoms with Crippen molar-refractivity contribution >= 4 is 11.6 Å². The molecule has 2 heteroatoms. The maximum atomic E-state index is 12.6. The van der Waals surface area contributed by atoms with Crippen LogP contribution < -0.4 is 0 Å². The highest BCUT2D eigenvalue weighted by Gasteiger charge is 2.31. The Morgan fingerprint density at radius 1 is 0.550 bits per heavy atom. The van der Waals surface area contributed by atoms with E-state index in [1.807, 2.05) is 0 Å². The van der Waals surface area contributed by atoms with Gasteiger partial charge in [0.2, 0.25) is 0 Å². The first kappa shape index (κ1) is 15.8. The predicted octanol–water partition coefficient (Wildman–Crippen LogP) is 4.04. The summed E-state index contributed by atoms with van der Waals surface area (Å²) in [4.78, 5) is 25.2. The van der Waals surface area contributed by atoms with Crippen LogP contribution in [0.3, 0.4) is 0 Å². The Morgan fingerprint density at radius 3 is 0.900 bits per heavy atom. The Kier molecular flexibility index (Phi) is 5.85. The molecule has 0 bridgehead atoms. The SMILES string of the molecule is C=CCC1=C(CC=C)C(=O)C(CC=C)=C(CC=C)C1=O. The van der Waals surface area contributed by atoms with Gasteiger partial charge in [0.15, 0.2) is 11.6 Å². The molecule has 0 N–H and O–H groups in total. The third-order valence-electron chi connectivity index (χ3n) is 3.22. The highest BCUT2D eigenvalue weighted by Crippen LogP contribution is 2.32. The molecule has 0 fully saturated rings. The summed E-state index contributed by atoms with van der Waals surface area (Å²) >= 11 is 0. The predicted molar refractivity (Wildman–Crippen MR) is 83.3 cm³/mol. The van der Waals surface area contributed by atoms with E-state index in [-0.39, 0.29) is 11.6 Å². The van der Waals surface area contributed by atoms with Crippen molar-refractivity contribution in [2.24, 2.45) is 0 Å². The van der Waals surface area contributed by atoms with E-state index in [4.69, 9.17) is 0 Å². The molecule has 0 aliphatic heterocycles. The highest BCUT2D eigenvalue weighted by atomic mass is 16.1. The van der Waals surface area contributed by atoms with Crippen molar-refractivity contribution < 1.29 is 9.59 Å². The minimum Gasteiger partial charge on any atom is -0.289 e. The molecule has 1 rings (SSSR count). The van der Waals surface area contributed by atoms with Crippen molar-refractivity contribution in [3.63, 3.8) is 0 Å². The minimum atomic E-state index is -0.0712. The molecule has 0 heterocycles. The van der Waals surface area contributed by atoms with E-state index in [1.165, 1.54) is 0 Å². The lowest BCUT2D eigenvalue weighted by Gasteiger charge is -2.22. The second-order valence-electron chi connectivity index (χ2n) is 4.54. The number of ketones is 2. The third-order valence-corrected chi connectivity index (χ3v) is 3.22. The van der Waals surface area contributed by atoms with Gasteiger partial charge in [-0.05, 0) is 25.7 Å². The lowest BCUT2D eigenvalue weighted by atomic mass is 9.79. The molecule has 1 aliphatic carbocycles.